The van der Waals surface area contributed by atoms with E-state index in [1.54, 1.807) is 0 Å². The third-order valence-corrected chi connectivity index (χ3v) is 2.50. The molecule has 0 N–H and O–H groups in total. The maximum absolute atomic E-state index is 11.4. The minimum atomic E-state index is -0.584. The minimum absolute atomic E-state index is 0.173. The van der Waals surface area contributed by atoms with Gasteiger partial charge in [-0.3, -0.25) is 19.7 Å². The molecule has 0 fully saturated rings. The predicted molar refractivity (Wildman–Crippen MR) is 64.8 cm³/mol. The van der Waals surface area contributed by atoms with E-state index in [1.807, 2.05) is 0 Å². The number of nitrogens with zero attached hydrogens (tertiary/aromatic N) is 2. The van der Waals surface area contributed by atoms with Gasteiger partial charge in [0.1, 0.15) is 0 Å². The molecule has 0 aliphatic carbocycles. The van der Waals surface area contributed by atoms with Crippen molar-refractivity contribution in [2.24, 2.45) is 0 Å². The Morgan fingerprint density at radius 3 is 2.33 bits per heavy atom. The number of hydrogen-bond donors (Lipinski definition) is 0. The van der Waals surface area contributed by atoms with Gasteiger partial charge in [0.05, 0.1) is 16.2 Å². The maximum Gasteiger partial charge on any atom is 0.278 e. The summed E-state index contributed by atoms with van der Waals surface area (Å²) in [5, 5.41) is 10.9. The van der Waals surface area contributed by atoms with Crippen LogP contribution in [0.5, 0.6) is 0 Å². The number of amides is 2. The topological polar surface area (TPSA) is 80.5 Å². The van der Waals surface area contributed by atoms with Gasteiger partial charge in [-0.2, -0.15) is 0 Å². The number of imide groups is 1. The second kappa shape index (κ2) is 4.25. The lowest BCUT2D eigenvalue weighted by molar-refractivity contribution is -0.385. The van der Waals surface area contributed by atoms with E-state index in [-0.39, 0.29) is 11.4 Å². The molecule has 1 heterocycles. The molecule has 0 spiro atoms. The highest BCUT2D eigenvalue weighted by atomic mass is 16.6. The number of hydrogen-bond acceptors (Lipinski definition) is 4. The Balaban J connectivity index is 2.51. The molecule has 0 unspecified atom stereocenters. The van der Waals surface area contributed by atoms with Crippen LogP contribution in [0.25, 0.3) is 6.08 Å². The molecule has 18 heavy (non-hydrogen) atoms. The summed E-state index contributed by atoms with van der Waals surface area (Å²) in [6, 6.07) is 4.09. The Morgan fingerprint density at radius 1 is 1.22 bits per heavy atom. The molecule has 0 atom stereocenters. The summed E-state index contributed by atoms with van der Waals surface area (Å²) in [6.45, 7) is 3.47. The largest absolute Gasteiger partial charge is 0.278 e. The quantitative estimate of drug-likeness (QED) is 0.460. The highest BCUT2D eigenvalue weighted by molar-refractivity contribution is 6.28. The standard InChI is InChI=1S/C12H8N2O4/c1-2-8-3-4-9(7-10(8)14(17)18)13-11(15)5-6-12(13)16/h2-7H,1H2. The molecule has 0 aromatic heterocycles. The zero-order valence-corrected chi connectivity index (χ0v) is 9.20. The van der Waals surface area contributed by atoms with Crippen molar-refractivity contribution >= 4 is 29.3 Å². The molecular formula is C12H8N2O4. The van der Waals surface area contributed by atoms with E-state index in [9.17, 15) is 19.7 Å². The van der Waals surface area contributed by atoms with Gasteiger partial charge in [0.2, 0.25) is 0 Å². The van der Waals surface area contributed by atoms with Crippen molar-refractivity contribution in [3.05, 3.63) is 52.6 Å². The van der Waals surface area contributed by atoms with Gasteiger partial charge in [0.15, 0.2) is 0 Å². The highest BCUT2D eigenvalue weighted by Crippen LogP contribution is 2.28. The van der Waals surface area contributed by atoms with E-state index < -0.39 is 16.7 Å². The molecule has 1 aromatic rings. The van der Waals surface area contributed by atoms with Crippen LogP contribution in [0, 0.1) is 10.1 Å². The van der Waals surface area contributed by atoms with Gasteiger partial charge in [-0.1, -0.05) is 12.7 Å². The van der Waals surface area contributed by atoms with Crippen molar-refractivity contribution in [3.63, 3.8) is 0 Å². The summed E-state index contributed by atoms with van der Waals surface area (Å²) >= 11 is 0. The van der Waals surface area contributed by atoms with Crippen LogP contribution in [-0.2, 0) is 9.59 Å². The SMILES string of the molecule is C=Cc1ccc(N2C(=O)C=CC2=O)cc1[N+](=O)[O-]. The Morgan fingerprint density at radius 2 is 1.83 bits per heavy atom. The van der Waals surface area contributed by atoms with Gasteiger partial charge in [-0.25, -0.2) is 4.90 Å². The van der Waals surface area contributed by atoms with E-state index in [4.69, 9.17) is 0 Å². The van der Waals surface area contributed by atoms with E-state index in [0.29, 0.717) is 5.56 Å². The monoisotopic (exact) mass is 244 g/mol. The molecule has 6 nitrogen and oxygen atoms in total. The summed E-state index contributed by atoms with van der Waals surface area (Å²) in [7, 11) is 0. The lowest BCUT2D eigenvalue weighted by Gasteiger charge is -2.13. The van der Waals surface area contributed by atoms with E-state index >= 15 is 0 Å². The lowest BCUT2D eigenvalue weighted by Crippen LogP contribution is -2.29. The summed E-state index contributed by atoms with van der Waals surface area (Å²) < 4.78 is 0. The van der Waals surface area contributed by atoms with Crippen LogP contribution in [0.1, 0.15) is 5.56 Å². The second-order valence-corrected chi connectivity index (χ2v) is 3.55. The Hall–Kier alpha value is -2.76. The third-order valence-electron chi connectivity index (χ3n) is 2.50. The molecule has 6 heteroatoms. The first-order valence-corrected chi connectivity index (χ1v) is 5.01. The fraction of sp³-hybridized carbons (Fsp3) is 0. The molecular weight excluding hydrogens is 236 g/mol. The Bertz CT molecular complexity index is 586. The van der Waals surface area contributed by atoms with Gasteiger partial charge in [-0.15, -0.1) is 0 Å². The average molecular weight is 244 g/mol. The van der Waals surface area contributed by atoms with Crippen molar-refractivity contribution in [2.45, 2.75) is 0 Å². The van der Waals surface area contributed by atoms with E-state index in [1.165, 1.54) is 24.3 Å². The van der Waals surface area contributed by atoms with Crippen LogP contribution in [0.2, 0.25) is 0 Å². The fourth-order valence-electron chi connectivity index (χ4n) is 1.66. The first-order valence-electron chi connectivity index (χ1n) is 5.01. The highest BCUT2D eigenvalue weighted by Gasteiger charge is 2.27. The van der Waals surface area contributed by atoms with Crippen LogP contribution in [0.3, 0.4) is 0 Å². The van der Waals surface area contributed by atoms with Crippen LogP contribution in [0.15, 0.2) is 36.9 Å². The fourth-order valence-corrected chi connectivity index (χ4v) is 1.66. The first kappa shape index (κ1) is 11.7. The second-order valence-electron chi connectivity index (χ2n) is 3.55. The normalized spacial score (nSPS) is 14.1. The molecule has 2 amide bonds. The summed E-state index contributed by atoms with van der Waals surface area (Å²) in [5.41, 5.74) is 0.304. The molecule has 1 aromatic carbocycles. The van der Waals surface area contributed by atoms with Gasteiger partial charge in [0, 0.05) is 18.2 Å². The van der Waals surface area contributed by atoms with Crippen LogP contribution < -0.4 is 4.90 Å². The summed E-state index contributed by atoms with van der Waals surface area (Å²) in [4.78, 5) is 34.1. The lowest BCUT2D eigenvalue weighted by atomic mass is 10.1. The molecule has 1 aliphatic rings. The zero-order valence-electron chi connectivity index (χ0n) is 9.20. The number of nitro groups is 1. The van der Waals surface area contributed by atoms with Gasteiger partial charge in [0.25, 0.3) is 17.5 Å². The number of benzene rings is 1. The Labute approximate surface area is 102 Å². The van der Waals surface area contributed by atoms with Gasteiger partial charge < -0.3 is 0 Å². The van der Waals surface area contributed by atoms with Crippen molar-refractivity contribution in [1.29, 1.82) is 0 Å². The molecule has 1 aliphatic heterocycles. The number of carbonyl (C=O) groups is 2. The van der Waals surface area contributed by atoms with Crippen molar-refractivity contribution in [2.75, 3.05) is 4.90 Å². The predicted octanol–water partition coefficient (Wildman–Crippen LogP) is 1.67. The van der Waals surface area contributed by atoms with Gasteiger partial charge >= 0.3 is 0 Å². The average Bonchev–Trinajstić information content (AvgIpc) is 2.68. The van der Waals surface area contributed by atoms with Crippen molar-refractivity contribution in [3.8, 4) is 0 Å². The molecule has 90 valence electrons. The van der Waals surface area contributed by atoms with Crippen molar-refractivity contribution in [1.82, 2.24) is 0 Å². The third kappa shape index (κ3) is 1.80. The first-order chi connectivity index (χ1) is 8.54. The van der Waals surface area contributed by atoms with Gasteiger partial charge in [-0.05, 0) is 12.1 Å². The number of nitro benzene ring substituents is 1. The maximum atomic E-state index is 11.4. The zero-order chi connectivity index (χ0) is 13.3. The van der Waals surface area contributed by atoms with Crippen LogP contribution in [-0.4, -0.2) is 16.7 Å². The van der Waals surface area contributed by atoms with E-state index in [0.717, 1.165) is 17.1 Å². The summed E-state index contributed by atoms with van der Waals surface area (Å²) in [6.07, 6.45) is 3.58. The number of carbonyl (C=O) groups excluding carboxylic acids is 2. The van der Waals surface area contributed by atoms with E-state index in [2.05, 4.69) is 6.58 Å². The molecule has 0 saturated carbocycles. The summed E-state index contributed by atoms with van der Waals surface area (Å²) in [5.74, 6) is -1.03. The number of rotatable bonds is 3. The van der Waals surface area contributed by atoms with Crippen LogP contribution >= 0.6 is 0 Å². The minimum Gasteiger partial charge on any atom is -0.269 e. The smallest absolute Gasteiger partial charge is 0.269 e. The Kier molecular flexibility index (Phi) is 2.77. The molecule has 0 bridgehead atoms. The molecule has 2 rings (SSSR count). The van der Waals surface area contributed by atoms with Crippen LogP contribution in [0.4, 0.5) is 11.4 Å². The molecule has 0 saturated heterocycles. The number of anilines is 1. The van der Waals surface area contributed by atoms with Crippen molar-refractivity contribution < 1.29 is 14.5 Å². The molecule has 0 radical (unpaired) electrons.